The number of halogens is 3. The predicted octanol–water partition coefficient (Wildman–Crippen LogP) is 4.00. The molecule has 0 fully saturated rings. The van der Waals surface area contributed by atoms with Crippen molar-refractivity contribution in [3.63, 3.8) is 0 Å². The zero-order valence-corrected chi connectivity index (χ0v) is 17.6. The van der Waals surface area contributed by atoms with Crippen LogP contribution >= 0.6 is 35.6 Å². The second-order valence-electron chi connectivity index (χ2n) is 5.36. The van der Waals surface area contributed by atoms with Gasteiger partial charge in [-0.05, 0) is 44.9 Å². The van der Waals surface area contributed by atoms with Gasteiger partial charge in [-0.15, -0.1) is 24.0 Å². The Morgan fingerprint density at radius 2 is 2.08 bits per heavy atom. The van der Waals surface area contributed by atoms with E-state index in [1.165, 1.54) is 12.1 Å². The van der Waals surface area contributed by atoms with Crippen LogP contribution in [0.1, 0.15) is 29.8 Å². The van der Waals surface area contributed by atoms with Crippen LogP contribution < -0.4 is 10.6 Å². The number of oxazole rings is 1. The van der Waals surface area contributed by atoms with Crippen molar-refractivity contribution >= 4 is 41.5 Å². The molecule has 0 aliphatic rings. The van der Waals surface area contributed by atoms with Gasteiger partial charge in [-0.1, -0.05) is 17.7 Å². The molecule has 0 atom stereocenters. The van der Waals surface area contributed by atoms with Crippen LogP contribution in [-0.4, -0.2) is 24.0 Å². The number of guanidine groups is 1. The molecule has 0 saturated carbocycles. The molecule has 0 aliphatic carbocycles. The van der Waals surface area contributed by atoms with Crippen LogP contribution in [0.3, 0.4) is 0 Å². The smallest absolute Gasteiger partial charge is 0.216 e. The lowest BCUT2D eigenvalue weighted by Crippen LogP contribution is -2.38. The van der Waals surface area contributed by atoms with Gasteiger partial charge in [0, 0.05) is 18.1 Å². The highest BCUT2D eigenvalue weighted by Gasteiger charge is 2.06. The van der Waals surface area contributed by atoms with Crippen molar-refractivity contribution in [3.05, 3.63) is 51.9 Å². The molecule has 2 rings (SSSR count). The predicted molar refractivity (Wildman–Crippen MR) is 109 cm³/mol. The van der Waals surface area contributed by atoms with Gasteiger partial charge in [-0.3, -0.25) is 0 Å². The minimum atomic E-state index is -0.330. The molecule has 0 unspecified atom stereocenters. The third-order valence-corrected chi connectivity index (χ3v) is 3.84. The molecule has 8 heteroatoms. The summed E-state index contributed by atoms with van der Waals surface area (Å²) in [5, 5.41) is 6.82. The fourth-order valence-corrected chi connectivity index (χ4v) is 2.40. The zero-order chi connectivity index (χ0) is 17.5. The van der Waals surface area contributed by atoms with Crippen molar-refractivity contribution in [2.45, 2.75) is 33.7 Å². The average Bonchev–Trinajstić information content (AvgIpc) is 2.85. The molecule has 0 radical (unpaired) electrons. The number of hydrogen-bond donors (Lipinski definition) is 2. The Kier molecular flexibility index (Phi) is 9.20. The summed E-state index contributed by atoms with van der Waals surface area (Å²) in [4.78, 5) is 8.76. The van der Waals surface area contributed by atoms with E-state index in [1.807, 2.05) is 20.8 Å². The maximum Gasteiger partial charge on any atom is 0.216 e. The number of benzene rings is 1. The standard InChI is InChI=1S/C17H22ClFN4O.HI/c1-4-20-17(22-10-16-23-11(2)12(3)24-16)21-8-7-13-5-6-14(19)9-15(13)18;/h5-6,9H,4,7-8,10H2,1-3H3,(H2,20,21,22);1H. The number of nitrogens with zero attached hydrogens (tertiary/aromatic N) is 2. The molecule has 138 valence electrons. The Hall–Kier alpha value is -1.35. The van der Waals surface area contributed by atoms with Crippen LogP contribution in [0.15, 0.2) is 27.6 Å². The molecule has 0 spiro atoms. The summed E-state index contributed by atoms with van der Waals surface area (Å²) in [5.74, 6) is 1.74. The van der Waals surface area contributed by atoms with Gasteiger partial charge in [0.25, 0.3) is 0 Å². The third kappa shape index (κ3) is 6.81. The maximum absolute atomic E-state index is 13.0. The Labute approximate surface area is 169 Å². The number of aryl methyl sites for hydroxylation is 2. The molecule has 2 aromatic rings. The van der Waals surface area contributed by atoms with Crippen molar-refractivity contribution in [3.8, 4) is 0 Å². The Morgan fingerprint density at radius 1 is 1.32 bits per heavy atom. The van der Waals surface area contributed by atoms with Gasteiger partial charge < -0.3 is 15.1 Å². The summed E-state index contributed by atoms with van der Waals surface area (Å²) in [5.41, 5.74) is 1.77. The number of aromatic nitrogens is 1. The second kappa shape index (κ2) is 10.6. The normalized spacial score (nSPS) is 11.2. The monoisotopic (exact) mass is 480 g/mol. The van der Waals surface area contributed by atoms with Crippen LogP contribution in [0.5, 0.6) is 0 Å². The van der Waals surface area contributed by atoms with Crippen LogP contribution in [-0.2, 0) is 13.0 Å². The largest absolute Gasteiger partial charge is 0.444 e. The highest BCUT2D eigenvalue weighted by Crippen LogP contribution is 2.17. The summed E-state index contributed by atoms with van der Waals surface area (Å²) in [6.45, 7) is 7.51. The van der Waals surface area contributed by atoms with Crippen LogP contribution in [0.25, 0.3) is 0 Å². The van der Waals surface area contributed by atoms with Crippen LogP contribution in [0, 0.1) is 19.7 Å². The Morgan fingerprint density at radius 3 is 2.68 bits per heavy atom. The SMILES string of the molecule is CCNC(=NCc1nc(C)c(C)o1)NCCc1ccc(F)cc1Cl.I. The second-order valence-corrected chi connectivity index (χ2v) is 5.76. The molecule has 1 aromatic heterocycles. The molecule has 1 aromatic carbocycles. The van der Waals surface area contributed by atoms with E-state index in [2.05, 4.69) is 20.6 Å². The van der Waals surface area contributed by atoms with Crippen molar-refractivity contribution < 1.29 is 8.81 Å². The first kappa shape index (κ1) is 21.7. The minimum absolute atomic E-state index is 0. The molecular weight excluding hydrogens is 458 g/mol. The number of aliphatic imine (C=N–C) groups is 1. The maximum atomic E-state index is 13.0. The summed E-state index contributed by atoms with van der Waals surface area (Å²) in [6, 6.07) is 4.43. The fourth-order valence-electron chi connectivity index (χ4n) is 2.14. The Balaban J connectivity index is 0.00000312. The molecule has 0 saturated heterocycles. The first-order valence-corrected chi connectivity index (χ1v) is 8.26. The fraction of sp³-hybridized carbons (Fsp3) is 0.412. The van der Waals surface area contributed by atoms with Gasteiger partial charge in [0.2, 0.25) is 5.89 Å². The number of rotatable bonds is 6. The molecular formula is C17H23ClFIN4O. The highest BCUT2D eigenvalue weighted by molar-refractivity contribution is 14.0. The first-order chi connectivity index (χ1) is 11.5. The van der Waals surface area contributed by atoms with E-state index >= 15 is 0 Å². The lowest BCUT2D eigenvalue weighted by Gasteiger charge is -2.11. The van der Waals surface area contributed by atoms with Gasteiger partial charge in [-0.25, -0.2) is 14.4 Å². The third-order valence-electron chi connectivity index (χ3n) is 3.49. The minimum Gasteiger partial charge on any atom is -0.444 e. The molecule has 25 heavy (non-hydrogen) atoms. The van der Waals surface area contributed by atoms with E-state index in [0.717, 1.165) is 23.6 Å². The summed E-state index contributed by atoms with van der Waals surface area (Å²) in [7, 11) is 0. The van der Waals surface area contributed by atoms with Gasteiger partial charge in [-0.2, -0.15) is 0 Å². The quantitative estimate of drug-likeness (QED) is 0.373. The molecule has 0 amide bonds. The first-order valence-electron chi connectivity index (χ1n) is 7.88. The van der Waals surface area contributed by atoms with Crippen LogP contribution in [0.4, 0.5) is 4.39 Å². The van der Waals surface area contributed by atoms with Crippen molar-refractivity contribution in [2.24, 2.45) is 4.99 Å². The van der Waals surface area contributed by atoms with Gasteiger partial charge >= 0.3 is 0 Å². The van der Waals surface area contributed by atoms with Crippen molar-refractivity contribution in [1.29, 1.82) is 0 Å². The Bertz CT molecular complexity index is 701. The summed E-state index contributed by atoms with van der Waals surface area (Å²) >= 11 is 6.03. The zero-order valence-electron chi connectivity index (χ0n) is 14.5. The molecule has 0 aliphatic heterocycles. The number of nitrogens with one attached hydrogen (secondary N) is 2. The lowest BCUT2D eigenvalue weighted by atomic mass is 10.1. The highest BCUT2D eigenvalue weighted by atomic mass is 127. The summed E-state index contributed by atoms with van der Waals surface area (Å²) < 4.78 is 18.6. The van der Waals surface area contributed by atoms with E-state index < -0.39 is 0 Å². The molecule has 5 nitrogen and oxygen atoms in total. The van der Waals surface area contributed by atoms with Gasteiger partial charge in [0.05, 0.1) is 5.69 Å². The molecule has 1 heterocycles. The van der Waals surface area contributed by atoms with Gasteiger partial charge in [0.15, 0.2) is 5.96 Å². The average molecular weight is 481 g/mol. The lowest BCUT2D eigenvalue weighted by molar-refractivity contribution is 0.473. The van der Waals surface area contributed by atoms with E-state index in [-0.39, 0.29) is 29.8 Å². The summed E-state index contributed by atoms with van der Waals surface area (Å²) in [6.07, 6.45) is 0.667. The molecule has 0 bridgehead atoms. The van der Waals surface area contributed by atoms with E-state index in [0.29, 0.717) is 36.4 Å². The van der Waals surface area contributed by atoms with E-state index in [9.17, 15) is 4.39 Å². The van der Waals surface area contributed by atoms with E-state index in [4.69, 9.17) is 16.0 Å². The van der Waals surface area contributed by atoms with E-state index in [1.54, 1.807) is 6.07 Å². The topological polar surface area (TPSA) is 62.5 Å². The van der Waals surface area contributed by atoms with Crippen molar-refractivity contribution in [2.75, 3.05) is 13.1 Å². The molecule has 2 N–H and O–H groups in total. The van der Waals surface area contributed by atoms with Crippen molar-refractivity contribution in [1.82, 2.24) is 15.6 Å². The number of hydrogen-bond acceptors (Lipinski definition) is 3. The van der Waals surface area contributed by atoms with Crippen LogP contribution in [0.2, 0.25) is 5.02 Å². The van der Waals surface area contributed by atoms with Gasteiger partial charge in [0.1, 0.15) is 18.1 Å².